The standard InChI is InChI=1S/C16H20ClN3OS/c1-20-10-13(9-19-20)5-4-8-18-16(21)12-22-11-14-6-2-3-7-15(14)17/h2-3,6-7,9-10H,4-5,8,11-12H2,1H3,(H,18,21). The number of hydrogen-bond acceptors (Lipinski definition) is 3. The smallest absolute Gasteiger partial charge is 0.230 e. The second-order valence-electron chi connectivity index (χ2n) is 5.06. The largest absolute Gasteiger partial charge is 0.355 e. The molecule has 1 N–H and O–H groups in total. The predicted molar refractivity (Wildman–Crippen MR) is 92.2 cm³/mol. The molecule has 0 saturated carbocycles. The number of aryl methyl sites for hydroxylation is 2. The number of aromatic nitrogens is 2. The van der Waals surface area contributed by atoms with E-state index in [1.54, 1.807) is 16.4 Å². The maximum Gasteiger partial charge on any atom is 0.230 e. The molecule has 0 aliphatic heterocycles. The van der Waals surface area contributed by atoms with E-state index < -0.39 is 0 Å². The second-order valence-corrected chi connectivity index (χ2v) is 6.45. The van der Waals surface area contributed by atoms with Crippen molar-refractivity contribution in [3.8, 4) is 0 Å². The van der Waals surface area contributed by atoms with Gasteiger partial charge in [0.05, 0.1) is 11.9 Å². The molecule has 0 spiro atoms. The van der Waals surface area contributed by atoms with Gasteiger partial charge in [0.15, 0.2) is 0 Å². The molecule has 0 atom stereocenters. The average Bonchev–Trinajstić information content (AvgIpc) is 2.91. The molecule has 4 nitrogen and oxygen atoms in total. The van der Waals surface area contributed by atoms with E-state index in [0.717, 1.165) is 29.2 Å². The Hall–Kier alpha value is -1.46. The Morgan fingerprint density at radius 1 is 1.41 bits per heavy atom. The van der Waals surface area contributed by atoms with Crippen LogP contribution in [-0.2, 0) is 24.0 Å². The minimum Gasteiger partial charge on any atom is -0.355 e. The fourth-order valence-electron chi connectivity index (χ4n) is 2.04. The Balaban J connectivity index is 1.57. The number of hydrogen-bond donors (Lipinski definition) is 1. The van der Waals surface area contributed by atoms with Crippen molar-refractivity contribution in [2.45, 2.75) is 18.6 Å². The van der Waals surface area contributed by atoms with Crippen molar-refractivity contribution in [1.82, 2.24) is 15.1 Å². The molecule has 22 heavy (non-hydrogen) atoms. The van der Waals surface area contributed by atoms with Gasteiger partial charge in [-0.3, -0.25) is 9.48 Å². The van der Waals surface area contributed by atoms with E-state index in [1.165, 1.54) is 5.56 Å². The molecule has 0 aliphatic rings. The highest BCUT2D eigenvalue weighted by Crippen LogP contribution is 2.20. The fraction of sp³-hybridized carbons (Fsp3) is 0.375. The molecule has 6 heteroatoms. The lowest BCUT2D eigenvalue weighted by Crippen LogP contribution is -2.26. The first kappa shape index (κ1) is 16.9. The van der Waals surface area contributed by atoms with Gasteiger partial charge in [-0.2, -0.15) is 5.10 Å². The number of rotatable bonds is 8. The Morgan fingerprint density at radius 2 is 2.23 bits per heavy atom. The number of carbonyl (C=O) groups excluding carboxylic acids is 1. The normalized spacial score (nSPS) is 10.6. The maximum absolute atomic E-state index is 11.8. The summed E-state index contributed by atoms with van der Waals surface area (Å²) in [5, 5.41) is 7.82. The summed E-state index contributed by atoms with van der Waals surface area (Å²) in [4.78, 5) is 11.8. The highest BCUT2D eigenvalue weighted by Gasteiger charge is 2.04. The Morgan fingerprint density at radius 3 is 2.95 bits per heavy atom. The van der Waals surface area contributed by atoms with Crippen LogP contribution < -0.4 is 5.32 Å². The lowest BCUT2D eigenvalue weighted by molar-refractivity contribution is -0.118. The van der Waals surface area contributed by atoms with Gasteiger partial charge in [0.1, 0.15) is 0 Å². The average molecular weight is 338 g/mol. The molecule has 0 unspecified atom stereocenters. The lowest BCUT2D eigenvalue weighted by atomic mass is 10.2. The number of thioether (sulfide) groups is 1. The summed E-state index contributed by atoms with van der Waals surface area (Å²) in [7, 11) is 1.90. The number of nitrogens with one attached hydrogen (secondary N) is 1. The molecule has 1 amide bonds. The third-order valence-electron chi connectivity index (χ3n) is 3.17. The predicted octanol–water partition coefficient (Wildman–Crippen LogP) is 3.06. The quantitative estimate of drug-likeness (QED) is 0.753. The maximum atomic E-state index is 11.8. The molecule has 2 rings (SSSR count). The van der Waals surface area contributed by atoms with Gasteiger partial charge >= 0.3 is 0 Å². The van der Waals surface area contributed by atoms with E-state index in [0.29, 0.717) is 12.3 Å². The van der Waals surface area contributed by atoms with Gasteiger partial charge in [-0.25, -0.2) is 0 Å². The molecular weight excluding hydrogens is 318 g/mol. The fourth-order valence-corrected chi connectivity index (χ4v) is 3.18. The van der Waals surface area contributed by atoms with Gasteiger partial charge in [0.2, 0.25) is 5.91 Å². The van der Waals surface area contributed by atoms with Crippen molar-refractivity contribution in [2.75, 3.05) is 12.3 Å². The molecule has 2 aromatic rings. The van der Waals surface area contributed by atoms with Crippen molar-refractivity contribution >= 4 is 29.3 Å². The van der Waals surface area contributed by atoms with Gasteiger partial charge in [-0.15, -0.1) is 11.8 Å². The molecule has 0 radical (unpaired) electrons. The van der Waals surface area contributed by atoms with Crippen LogP contribution in [0.5, 0.6) is 0 Å². The Labute approximate surface area is 140 Å². The number of nitrogens with zero attached hydrogens (tertiary/aromatic N) is 2. The van der Waals surface area contributed by atoms with Crippen LogP contribution in [0.3, 0.4) is 0 Å². The van der Waals surface area contributed by atoms with Crippen LogP contribution in [0.15, 0.2) is 36.7 Å². The van der Waals surface area contributed by atoms with Crippen molar-refractivity contribution in [2.24, 2.45) is 7.05 Å². The van der Waals surface area contributed by atoms with Crippen LogP contribution in [0.25, 0.3) is 0 Å². The highest BCUT2D eigenvalue weighted by atomic mass is 35.5. The third kappa shape index (κ3) is 5.73. The van der Waals surface area contributed by atoms with E-state index in [4.69, 9.17) is 11.6 Å². The molecule has 1 aromatic carbocycles. The molecule has 0 fully saturated rings. The minimum absolute atomic E-state index is 0.0724. The van der Waals surface area contributed by atoms with E-state index in [2.05, 4.69) is 10.4 Å². The van der Waals surface area contributed by atoms with Gasteiger partial charge in [-0.1, -0.05) is 29.8 Å². The summed E-state index contributed by atoms with van der Waals surface area (Å²) in [6, 6.07) is 7.73. The minimum atomic E-state index is 0.0724. The zero-order chi connectivity index (χ0) is 15.8. The van der Waals surface area contributed by atoms with Crippen LogP contribution in [0.2, 0.25) is 5.02 Å². The molecule has 0 bridgehead atoms. The van der Waals surface area contributed by atoms with Gasteiger partial charge in [-0.05, 0) is 30.0 Å². The first-order valence-electron chi connectivity index (χ1n) is 7.20. The molecule has 0 aliphatic carbocycles. The molecular formula is C16H20ClN3OS. The Kier molecular flexibility index (Phi) is 6.80. The van der Waals surface area contributed by atoms with E-state index in [-0.39, 0.29) is 5.91 Å². The summed E-state index contributed by atoms with van der Waals surface area (Å²) in [5.74, 6) is 1.28. The molecule has 1 aromatic heterocycles. The molecule has 118 valence electrons. The monoisotopic (exact) mass is 337 g/mol. The van der Waals surface area contributed by atoms with Crippen LogP contribution in [0.4, 0.5) is 0 Å². The summed E-state index contributed by atoms with van der Waals surface area (Å²) < 4.78 is 1.79. The van der Waals surface area contributed by atoms with Crippen LogP contribution in [0.1, 0.15) is 17.5 Å². The van der Waals surface area contributed by atoms with Crippen LogP contribution >= 0.6 is 23.4 Å². The first-order valence-corrected chi connectivity index (χ1v) is 8.74. The van der Waals surface area contributed by atoms with E-state index in [1.807, 2.05) is 43.7 Å². The van der Waals surface area contributed by atoms with Gasteiger partial charge in [0, 0.05) is 30.6 Å². The SMILES string of the molecule is Cn1cc(CCCNC(=O)CSCc2ccccc2Cl)cn1. The second kappa shape index (κ2) is 8.86. The summed E-state index contributed by atoms with van der Waals surface area (Å²) in [5.41, 5.74) is 2.27. The summed E-state index contributed by atoms with van der Waals surface area (Å²) in [6.45, 7) is 0.695. The zero-order valence-corrected chi connectivity index (χ0v) is 14.2. The van der Waals surface area contributed by atoms with Crippen molar-refractivity contribution in [3.05, 3.63) is 52.8 Å². The topological polar surface area (TPSA) is 46.9 Å². The van der Waals surface area contributed by atoms with Crippen molar-refractivity contribution in [1.29, 1.82) is 0 Å². The molecule has 0 saturated heterocycles. The van der Waals surface area contributed by atoms with E-state index >= 15 is 0 Å². The van der Waals surface area contributed by atoms with Crippen LogP contribution in [-0.4, -0.2) is 28.0 Å². The highest BCUT2D eigenvalue weighted by molar-refractivity contribution is 7.99. The van der Waals surface area contributed by atoms with Crippen LogP contribution in [0, 0.1) is 0 Å². The Bertz CT molecular complexity index is 615. The first-order chi connectivity index (χ1) is 10.6. The summed E-state index contributed by atoms with van der Waals surface area (Å²) >= 11 is 7.66. The number of amides is 1. The van der Waals surface area contributed by atoms with Gasteiger partial charge in [0.25, 0.3) is 0 Å². The van der Waals surface area contributed by atoms with Crippen molar-refractivity contribution < 1.29 is 4.79 Å². The summed E-state index contributed by atoms with van der Waals surface area (Å²) in [6.07, 6.45) is 5.72. The number of carbonyl (C=O) groups is 1. The van der Waals surface area contributed by atoms with Gasteiger partial charge < -0.3 is 5.32 Å². The molecule has 1 heterocycles. The van der Waals surface area contributed by atoms with Crippen molar-refractivity contribution in [3.63, 3.8) is 0 Å². The zero-order valence-electron chi connectivity index (χ0n) is 12.6. The number of halogens is 1. The third-order valence-corrected chi connectivity index (χ3v) is 4.52. The lowest BCUT2D eigenvalue weighted by Gasteiger charge is -2.06. The number of benzene rings is 1. The van der Waals surface area contributed by atoms with E-state index in [9.17, 15) is 4.79 Å².